The maximum absolute atomic E-state index is 11.5. The molecule has 1 aromatic heterocycles. The summed E-state index contributed by atoms with van der Waals surface area (Å²) < 4.78 is 9.84. The molecule has 5 heteroatoms. The molecule has 5 nitrogen and oxygen atoms in total. The van der Waals surface area contributed by atoms with E-state index >= 15 is 0 Å². The van der Waals surface area contributed by atoms with E-state index in [-0.39, 0.29) is 29.4 Å². The zero-order valence-corrected chi connectivity index (χ0v) is 8.92. The van der Waals surface area contributed by atoms with Crippen LogP contribution in [-0.4, -0.2) is 18.4 Å². The predicted molar refractivity (Wildman–Crippen MR) is 53.8 cm³/mol. The van der Waals surface area contributed by atoms with Gasteiger partial charge in [-0.3, -0.25) is 4.79 Å². The molecule has 1 rings (SSSR count). The molecule has 1 heterocycles. The summed E-state index contributed by atoms with van der Waals surface area (Å²) in [6.45, 7) is 4.81. The Kier molecular flexibility index (Phi) is 3.14. The van der Waals surface area contributed by atoms with Crippen molar-refractivity contribution in [3.8, 4) is 0 Å². The summed E-state index contributed by atoms with van der Waals surface area (Å²) in [7, 11) is 0. The summed E-state index contributed by atoms with van der Waals surface area (Å²) >= 11 is 0. The summed E-state index contributed by atoms with van der Waals surface area (Å²) in [6.07, 6.45) is 0. The molecule has 0 aliphatic rings. The standard InChI is InChI=1S/C10H13NO4/c1-4-14-10(13)8-6(3)15-9(11)7(8)5(2)12/h4,11H2,1-3H3. The van der Waals surface area contributed by atoms with Crippen molar-refractivity contribution in [1.29, 1.82) is 0 Å². The van der Waals surface area contributed by atoms with Crippen LogP contribution < -0.4 is 5.73 Å². The molecular weight excluding hydrogens is 198 g/mol. The number of carbonyl (C=O) groups excluding carboxylic acids is 2. The van der Waals surface area contributed by atoms with Crippen LogP contribution in [0.15, 0.2) is 4.42 Å². The van der Waals surface area contributed by atoms with Gasteiger partial charge in [-0.25, -0.2) is 4.79 Å². The third kappa shape index (κ3) is 2.01. The van der Waals surface area contributed by atoms with Gasteiger partial charge in [0, 0.05) is 0 Å². The van der Waals surface area contributed by atoms with Gasteiger partial charge in [-0.05, 0) is 20.8 Å². The average molecular weight is 211 g/mol. The number of Topliss-reactive ketones (excluding diaryl/α,β-unsaturated/α-hetero) is 1. The number of ether oxygens (including phenoxy) is 1. The van der Waals surface area contributed by atoms with Crippen molar-refractivity contribution in [2.24, 2.45) is 0 Å². The fourth-order valence-electron chi connectivity index (χ4n) is 1.36. The van der Waals surface area contributed by atoms with Crippen LogP contribution in [-0.2, 0) is 4.74 Å². The Balaban J connectivity index is 3.26. The first-order valence-corrected chi connectivity index (χ1v) is 4.56. The highest BCUT2D eigenvalue weighted by molar-refractivity contribution is 6.09. The predicted octanol–water partition coefficient (Wildman–Crippen LogP) is 1.55. The van der Waals surface area contributed by atoms with Crippen molar-refractivity contribution in [1.82, 2.24) is 0 Å². The Morgan fingerprint density at radius 1 is 1.40 bits per heavy atom. The van der Waals surface area contributed by atoms with Crippen molar-refractivity contribution in [3.05, 3.63) is 16.9 Å². The first-order chi connectivity index (χ1) is 6.99. The number of nitrogens with two attached hydrogens (primary N) is 1. The second-order valence-electron chi connectivity index (χ2n) is 3.05. The van der Waals surface area contributed by atoms with Crippen molar-refractivity contribution in [2.75, 3.05) is 12.3 Å². The summed E-state index contributed by atoms with van der Waals surface area (Å²) in [5, 5.41) is 0. The summed E-state index contributed by atoms with van der Waals surface area (Å²) in [5.74, 6) is -0.632. The van der Waals surface area contributed by atoms with Crippen LogP contribution in [0, 0.1) is 6.92 Å². The smallest absolute Gasteiger partial charge is 0.342 e. The molecule has 0 aliphatic carbocycles. The molecule has 82 valence electrons. The average Bonchev–Trinajstić information content (AvgIpc) is 2.41. The van der Waals surface area contributed by atoms with Gasteiger partial charge in [0.15, 0.2) is 5.78 Å². The fourth-order valence-corrected chi connectivity index (χ4v) is 1.36. The minimum absolute atomic E-state index is 0.0388. The van der Waals surface area contributed by atoms with Crippen LogP contribution in [0.2, 0.25) is 0 Å². The van der Waals surface area contributed by atoms with Gasteiger partial charge in [0.25, 0.3) is 0 Å². The Bertz CT molecular complexity index is 406. The molecule has 0 aliphatic heterocycles. The van der Waals surface area contributed by atoms with Crippen LogP contribution in [0.1, 0.15) is 40.3 Å². The van der Waals surface area contributed by atoms with E-state index in [2.05, 4.69) is 0 Å². The van der Waals surface area contributed by atoms with Gasteiger partial charge >= 0.3 is 5.97 Å². The van der Waals surface area contributed by atoms with E-state index in [1.807, 2.05) is 0 Å². The number of nitrogen functional groups attached to an aromatic ring is 1. The number of rotatable bonds is 3. The minimum atomic E-state index is -0.583. The fraction of sp³-hybridized carbons (Fsp3) is 0.400. The Labute approximate surface area is 87.2 Å². The Hall–Kier alpha value is -1.78. The highest BCUT2D eigenvalue weighted by atomic mass is 16.5. The summed E-state index contributed by atoms with van der Waals surface area (Å²) in [6, 6.07) is 0. The van der Waals surface area contributed by atoms with Crippen molar-refractivity contribution >= 4 is 17.6 Å². The van der Waals surface area contributed by atoms with Crippen LogP contribution in [0.4, 0.5) is 5.88 Å². The highest BCUT2D eigenvalue weighted by Gasteiger charge is 2.25. The number of ketones is 1. The summed E-state index contributed by atoms with van der Waals surface area (Å²) in [4.78, 5) is 22.8. The molecule has 0 saturated heterocycles. The number of furan rings is 1. The van der Waals surface area contributed by atoms with Crippen LogP contribution >= 0.6 is 0 Å². The lowest BCUT2D eigenvalue weighted by atomic mass is 10.1. The largest absolute Gasteiger partial charge is 0.462 e. The molecular formula is C10H13NO4. The highest BCUT2D eigenvalue weighted by Crippen LogP contribution is 2.25. The first-order valence-electron chi connectivity index (χ1n) is 4.56. The number of esters is 1. The van der Waals surface area contributed by atoms with Gasteiger partial charge in [-0.15, -0.1) is 0 Å². The van der Waals surface area contributed by atoms with E-state index in [9.17, 15) is 9.59 Å². The van der Waals surface area contributed by atoms with Gasteiger partial charge in [0.05, 0.1) is 12.2 Å². The topological polar surface area (TPSA) is 82.5 Å². The number of hydrogen-bond donors (Lipinski definition) is 1. The number of anilines is 1. The number of carbonyl (C=O) groups is 2. The van der Waals surface area contributed by atoms with Gasteiger partial charge in [-0.2, -0.15) is 0 Å². The normalized spacial score (nSPS) is 10.1. The van der Waals surface area contributed by atoms with E-state index in [1.54, 1.807) is 13.8 Å². The van der Waals surface area contributed by atoms with Crippen LogP contribution in [0.3, 0.4) is 0 Å². The minimum Gasteiger partial charge on any atom is -0.462 e. The van der Waals surface area contributed by atoms with Crippen molar-refractivity contribution in [3.63, 3.8) is 0 Å². The lowest BCUT2D eigenvalue weighted by Crippen LogP contribution is -2.10. The van der Waals surface area contributed by atoms with Gasteiger partial charge in [-0.1, -0.05) is 0 Å². The van der Waals surface area contributed by atoms with E-state index in [4.69, 9.17) is 14.9 Å². The second-order valence-corrected chi connectivity index (χ2v) is 3.05. The lowest BCUT2D eigenvalue weighted by Gasteiger charge is -2.01. The molecule has 0 spiro atoms. The van der Waals surface area contributed by atoms with Crippen molar-refractivity contribution in [2.45, 2.75) is 20.8 Å². The second kappa shape index (κ2) is 4.16. The Morgan fingerprint density at radius 3 is 2.47 bits per heavy atom. The molecule has 0 radical (unpaired) electrons. The van der Waals surface area contributed by atoms with E-state index in [1.165, 1.54) is 6.92 Å². The number of aryl methyl sites for hydroxylation is 1. The third-order valence-electron chi connectivity index (χ3n) is 1.94. The monoisotopic (exact) mass is 211 g/mol. The molecule has 0 saturated carbocycles. The third-order valence-corrected chi connectivity index (χ3v) is 1.94. The molecule has 0 atom stereocenters. The lowest BCUT2D eigenvalue weighted by molar-refractivity contribution is 0.0521. The Morgan fingerprint density at radius 2 is 2.00 bits per heavy atom. The molecule has 0 unspecified atom stereocenters. The molecule has 2 N–H and O–H groups in total. The first kappa shape index (κ1) is 11.3. The van der Waals surface area contributed by atoms with E-state index in [0.29, 0.717) is 5.76 Å². The van der Waals surface area contributed by atoms with E-state index < -0.39 is 5.97 Å². The van der Waals surface area contributed by atoms with Gasteiger partial charge in [0.1, 0.15) is 11.3 Å². The zero-order valence-electron chi connectivity index (χ0n) is 8.92. The van der Waals surface area contributed by atoms with E-state index in [0.717, 1.165) is 0 Å². The maximum atomic E-state index is 11.5. The quantitative estimate of drug-likeness (QED) is 0.605. The summed E-state index contributed by atoms with van der Waals surface area (Å²) in [5.41, 5.74) is 5.71. The molecule has 0 bridgehead atoms. The number of hydrogen-bond acceptors (Lipinski definition) is 5. The van der Waals surface area contributed by atoms with Gasteiger partial charge < -0.3 is 14.9 Å². The van der Waals surface area contributed by atoms with Crippen molar-refractivity contribution < 1.29 is 18.7 Å². The van der Waals surface area contributed by atoms with Crippen LogP contribution in [0.25, 0.3) is 0 Å². The molecule has 0 fully saturated rings. The molecule has 15 heavy (non-hydrogen) atoms. The molecule has 0 amide bonds. The van der Waals surface area contributed by atoms with Crippen LogP contribution in [0.5, 0.6) is 0 Å². The molecule has 0 aromatic carbocycles. The molecule has 1 aromatic rings. The maximum Gasteiger partial charge on any atom is 0.342 e. The SMILES string of the molecule is CCOC(=O)c1c(C)oc(N)c1C(C)=O. The van der Waals surface area contributed by atoms with Gasteiger partial charge in [0.2, 0.25) is 5.88 Å². The zero-order chi connectivity index (χ0) is 11.6.